The molecule has 0 spiro atoms. The molecule has 0 saturated carbocycles. The van der Waals surface area contributed by atoms with Crippen LogP contribution in [0.2, 0.25) is 0 Å². The summed E-state index contributed by atoms with van der Waals surface area (Å²) in [6, 6.07) is 18.4. The number of carbonyl (C=O) groups excluding carboxylic acids is 3. The zero-order valence-electron chi connectivity index (χ0n) is 16.1. The van der Waals surface area contributed by atoms with Gasteiger partial charge in [-0.25, -0.2) is 4.79 Å². The van der Waals surface area contributed by atoms with Crippen molar-refractivity contribution in [1.29, 1.82) is 0 Å². The van der Waals surface area contributed by atoms with E-state index in [2.05, 4.69) is 11.9 Å². The fourth-order valence-electron chi connectivity index (χ4n) is 2.67. The minimum atomic E-state index is -0.640. The van der Waals surface area contributed by atoms with E-state index in [4.69, 9.17) is 9.15 Å². The topological polar surface area (TPSA) is 88.9 Å². The monoisotopic (exact) mass is 404 g/mol. The van der Waals surface area contributed by atoms with Gasteiger partial charge in [0.15, 0.2) is 12.4 Å². The van der Waals surface area contributed by atoms with E-state index < -0.39 is 18.5 Å². The summed E-state index contributed by atoms with van der Waals surface area (Å²) in [4.78, 5) is 38.2. The van der Waals surface area contributed by atoms with Gasteiger partial charge in [-0.15, -0.1) is 6.58 Å². The summed E-state index contributed by atoms with van der Waals surface area (Å²) in [7, 11) is 0. The first-order valence-corrected chi connectivity index (χ1v) is 9.17. The predicted octanol–water partition coefficient (Wildman–Crippen LogP) is 3.91. The summed E-state index contributed by atoms with van der Waals surface area (Å²) in [5.41, 5.74) is 1.44. The smallest absolute Gasteiger partial charge is 0.338 e. The largest absolute Gasteiger partial charge is 0.459 e. The second-order valence-electron chi connectivity index (χ2n) is 6.21. The van der Waals surface area contributed by atoms with Crippen LogP contribution in [0, 0.1) is 0 Å². The van der Waals surface area contributed by atoms with Crippen LogP contribution in [-0.4, -0.2) is 30.9 Å². The summed E-state index contributed by atoms with van der Waals surface area (Å²) in [5.74, 6) is -1.22. The molecule has 0 bridgehead atoms. The van der Waals surface area contributed by atoms with Crippen molar-refractivity contribution in [2.75, 3.05) is 23.4 Å². The van der Waals surface area contributed by atoms with Crippen molar-refractivity contribution in [3.8, 4) is 0 Å². The van der Waals surface area contributed by atoms with Gasteiger partial charge in [0.1, 0.15) is 0 Å². The second-order valence-corrected chi connectivity index (χ2v) is 6.21. The van der Waals surface area contributed by atoms with Gasteiger partial charge in [-0.05, 0) is 48.5 Å². The van der Waals surface area contributed by atoms with E-state index in [9.17, 15) is 14.4 Å². The first-order valence-electron chi connectivity index (χ1n) is 9.17. The van der Waals surface area contributed by atoms with Crippen LogP contribution in [0.25, 0.3) is 0 Å². The van der Waals surface area contributed by atoms with E-state index in [-0.39, 0.29) is 17.2 Å². The van der Waals surface area contributed by atoms with Crippen LogP contribution in [0.1, 0.15) is 20.9 Å². The van der Waals surface area contributed by atoms with Gasteiger partial charge in [-0.2, -0.15) is 0 Å². The van der Waals surface area contributed by atoms with E-state index >= 15 is 0 Å². The van der Waals surface area contributed by atoms with Crippen molar-refractivity contribution in [3.05, 3.63) is 97.0 Å². The van der Waals surface area contributed by atoms with Crippen LogP contribution in [-0.2, 0) is 9.53 Å². The number of benzene rings is 2. The number of nitrogens with zero attached hydrogens (tertiary/aromatic N) is 1. The fourth-order valence-corrected chi connectivity index (χ4v) is 2.67. The minimum absolute atomic E-state index is 0.180. The molecule has 7 nitrogen and oxygen atoms in total. The molecule has 152 valence electrons. The highest BCUT2D eigenvalue weighted by Gasteiger charge is 2.17. The molecule has 0 fully saturated rings. The Hall–Kier alpha value is -4.13. The SMILES string of the molecule is C=CCN(C(=O)COC(=O)c1ccc(NC(=O)c2ccco2)cc1)c1ccccc1. The van der Waals surface area contributed by atoms with Gasteiger partial charge in [0, 0.05) is 17.9 Å². The van der Waals surface area contributed by atoms with E-state index in [1.165, 1.54) is 23.3 Å². The molecule has 30 heavy (non-hydrogen) atoms. The maximum Gasteiger partial charge on any atom is 0.338 e. The van der Waals surface area contributed by atoms with Gasteiger partial charge in [-0.1, -0.05) is 24.3 Å². The Bertz CT molecular complexity index is 1010. The molecule has 2 aromatic carbocycles. The molecule has 0 aliphatic carbocycles. The van der Waals surface area contributed by atoms with Crippen LogP contribution in [0.5, 0.6) is 0 Å². The molecule has 1 heterocycles. The average Bonchev–Trinajstić information content (AvgIpc) is 3.32. The summed E-state index contributed by atoms with van der Waals surface area (Å²) in [6.45, 7) is 3.55. The lowest BCUT2D eigenvalue weighted by molar-refractivity contribution is -0.121. The molecule has 3 aromatic rings. The Morgan fingerprint density at radius 2 is 1.73 bits per heavy atom. The third kappa shape index (κ3) is 5.23. The van der Waals surface area contributed by atoms with Crippen molar-refractivity contribution in [2.45, 2.75) is 0 Å². The molecule has 0 radical (unpaired) electrons. The van der Waals surface area contributed by atoms with E-state index in [1.807, 2.05) is 18.2 Å². The number of anilines is 2. The van der Waals surface area contributed by atoms with Gasteiger partial charge in [0.05, 0.1) is 11.8 Å². The molecule has 2 amide bonds. The summed E-state index contributed by atoms with van der Waals surface area (Å²) in [6.07, 6.45) is 3.01. The lowest BCUT2D eigenvalue weighted by atomic mass is 10.2. The molecule has 1 N–H and O–H groups in total. The molecule has 3 rings (SSSR count). The molecule has 0 atom stereocenters. The molecule has 0 saturated heterocycles. The molecule has 0 aliphatic heterocycles. The molecular formula is C23H20N2O5. The number of ether oxygens (including phenoxy) is 1. The predicted molar refractivity (Wildman–Crippen MR) is 112 cm³/mol. The molecular weight excluding hydrogens is 384 g/mol. The van der Waals surface area contributed by atoms with Crippen molar-refractivity contribution in [3.63, 3.8) is 0 Å². The standard InChI is InChI=1S/C23H20N2O5/c1-2-14-25(19-7-4-3-5-8-19)21(26)16-30-23(28)17-10-12-18(13-11-17)24-22(27)20-9-6-15-29-20/h2-13,15H,1,14,16H2,(H,24,27). The van der Waals surface area contributed by atoms with Crippen LogP contribution in [0.3, 0.4) is 0 Å². The van der Waals surface area contributed by atoms with Gasteiger partial charge in [0.25, 0.3) is 11.8 Å². The van der Waals surface area contributed by atoms with E-state index in [0.717, 1.165) is 0 Å². The van der Waals surface area contributed by atoms with Crippen LogP contribution in [0.4, 0.5) is 11.4 Å². The minimum Gasteiger partial charge on any atom is -0.459 e. The average molecular weight is 404 g/mol. The number of rotatable bonds is 8. The van der Waals surface area contributed by atoms with Crippen molar-refractivity contribution < 1.29 is 23.5 Å². The molecule has 7 heteroatoms. The number of carbonyl (C=O) groups is 3. The molecule has 0 unspecified atom stereocenters. The Kier molecular flexibility index (Phi) is 6.78. The molecule has 0 aliphatic rings. The van der Waals surface area contributed by atoms with Gasteiger partial charge < -0.3 is 19.4 Å². The van der Waals surface area contributed by atoms with Crippen LogP contribution >= 0.6 is 0 Å². The number of nitrogens with one attached hydrogen (secondary N) is 1. The first kappa shape index (κ1) is 20.6. The summed E-state index contributed by atoms with van der Waals surface area (Å²) < 4.78 is 10.2. The molecule has 1 aromatic heterocycles. The maximum atomic E-state index is 12.5. The van der Waals surface area contributed by atoms with Crippen molar-refractivity contribution >= 4 is 29.2 Å². The Labute approximate surface area is 173 Å². The first-order chi connectivity index (χ1) is 14.6. The second kappa shape index (κ2) is 9.88. The van der Waals surface area contributed by atoms with Crippen LogP contribution in [0.15, 0.2) is 90.1 Å². The Morgan fingerprint density at radius 1 is 1.00 bits per heavy atom. The summed E-state index contributed by atoms with van der Waals surface area (Å²) in [5, 5.41) is 2.65. The lowest BCUT2D eigenvalue weighted by Gasteiger charge is -2.21. The number of amides is 2. The zero-order chi connectivity index (χ0) is 21.3. The number of para-hydroxylation sites is 1. The number of hydrogen-bond donors (Lipinski definition) is 1. The Balaban J connectivity index is 1.57. The zero-order valence-corrected chi connectivity index (χ0v) is 16.1. The van der Waals surface area contributed by atoms with E-state index in [1.54, 1.807) is 42.5 Å². The van der Waals surface area contributed by atoms with Crippen molar-refractivity contribution in [2.24, 2.45) is 0 Å². The normalized spacial score (nSPS) is 10.1. The third-order valence-corrected chi connectivity index (χ3v) is 4.13. The number of furan rings is 1. The quantitative estimate of drug-likeness (QED) is 0.454. The van der Waals surface area contributed by atoms with Crippen molar-refractivity contribution in [1.82, 2.24) is 0 Å². The van der Waals surface area contributed by atoms with E-state index in [0.29, 0.717) is 17.9 Å². The third-order valence-electron chi connectivity index (χ3n) is 4.13. The summed E-state index contributed by atoms with van der Waals surface area (Å²) >= 11 is 0. The van der Waals surface area contributed by atoms with Gasteiger partial charge in [0.2, 0.25) is 0 Å². The number of esters is 1. The van der Waals surface area contributed by atoms with Gasteiger partial charge >= 0.3 is 5.97 Å². The van der Waals surface area contributed by atoms with Gasteiger partial charge in [-0.3, -0.25) is 9.59 Å². The number of hydrogen-bond acceptors (Lipinski definition) is 5. The van der Waals surface area contributed by atoms with Crippen LogP contribution < -0.4 is 10.2 Å². The highest BCUT2D eigenvalue weighted by Crippen LogP contribution is 2.15. The highest BCUT2D eigenvalue weighted by molar-refractivity contribution is 6.02. The lowest BCUT2D eigenvalue weighted by Crippen LogP contribution is -2.34. The Morgan fingerprint density at radius 3 is 2.37 bits per heavy atom. The highest BCUT2D eigenvalue weighted by atomic mass is 16.5. The maximum absolute atomic E-state index is 12.5. The fraction of sp³-hybridized carbons (Fsp3) is 0.0870.